The van der Waals surface area contributed by atoms with Crippen LogP contribution in [0.4, 0.5) is 0 Å². The highest BCUT2D eigenvalue weighted by molar-refractivity contribution is 4.93. The van der Waals surface area contributed by atoms with Crippen LogP contribution >= 0.6 is 0 Å². The number of unbranched alkanes of at least 4 members (excludes halogenated alkanes) is 1. The Kier molecular flexibility index (Phi) is 5.53. The van der Waals surface area contributed by atoms with Crippen LogP contribution in [0.1, 0.15) is 51.9 Å². The monoisotopic (exact) mass is 238 g/mol. The van der Waals surface area contributed by atoms with Crippen molar-refractivity contribution in [2.24, 2.45) is 11.8 Å². The first-order valence-corrected chi connectivity index (χ1v) is 7.30. The van der Waals surface area contributed by atoms with E-state index in [0.29, 0.717) is 0 Å². The molecule has 1 heterocycles. The Morgan fingerprint density at radius 3 is 2.35 bits per heavy atom. The Morgan fingerprint density at radius 2 is 1.71 bits per heavy atom. The predicted octanol–water partition coefficient (Wildman–Crippen LogP) is 3.91. The predicted molar refractivity (Wildman–Crippen MR) is 69.8 cm³/mol. The summed E-state index contributed by atoms with van der Waals surface area (Å²) in [6.45, 7) is 3.79. The molecule has 0 amide bonds. The zero-order chi connectivity index (χ0) is 11.9. The minimum atomic E-state index is -0.0622. The first-order valence-electron chi connectivity index (χ1n) is 7.30. The van der Waals surface area contributed by atoms with Crippen LogP contribution in [0.15, 0.2) is 12.2 Å². The molecular formula is C15H26O2. The maximum atomic E-state index is 5.41. The second kappa shape index (κ2) is 7.17. The van der Waals surface area contributed by atoms with Crippen molar-refractivity contribution in [3.63, 3.8) is 0 Å². The van der Waals surface area contributed by atoms with Gasteiger partial charge in [0.1, 0.15) is 0 Å². The summed E-state index contributed by atoms with van der Waals surface area (Å²) >= 11 is 0. The summed E-state index contributed by atoms with van der Waals surface area (Å²) in [6.07, 6.45) is 14.1. The molecule has 0 atom stereocenters. The van der Waals surface area contributed by atoms with Crippen LogP contribution in [0.2, 0.25) is 0 Å². The van der Waals surface area contributed by atoms with E-state index in [9.17, 15) is 0 Å². The van der Waals surface area contributed by atoms with Crippen molar-refractivity contribution >= 4 is 0 Å². The average Bonchev–Trinajstić information content (AvgIpc) is 2.88. The van der Waals surface area contributed by atoms with Gasteiger partial charge >= 0.3 is 0 Å². The van der Waals surface area contributed by atoms with Gasteiger partial charge < -0.3 is 9.47 Å². The molecule has 98 valence electrons. The molecule has 1 saturated carbocycles. The summed E-state index contributed by atoms with van der Waals surface area (Å²) < 4.78 is 10.8. The molecule has 2 rings (SSSR count). The molecule has 0 aromatic rings. The second-order valence-corrected chi connectivity index (χ2v) is 5.42. The van der Waals surface area contributed by atoms with E-state index < -0.39 is 0 Å². The van der Waals surface area contributed by atoms with E-state index in [2.05, 4.69) is 19.1 Å². The molecule has 1 saturated heterocycles. The largest absolute Gasteiger partial charge is 0.347 e. The molecule has 0 N–H and O–H groups in total. The maximum absolute atomic E-state index is 5.41. The van der Waals surface area contributed by atoms with Crippen molar-refractivity contribution in [3.8, 4) is 0 Å². The van der Waals surface area contributed by atoms with Crippen molar-refractivity contribution in [3.05, 3.63) is 12.2 Å². The van der Waals surface area contributed by atoms with E-state index >= 15 is 0 Å². The Morgan fingerprint density at radius 1 is 1.00 bits per heavy atom. The zero-order valence-electron chi connectivity index (χ0n) is 11.1. The van der Waals surface area contributed by atoms with E-state index in [-0.39, 0.29) is 6.29 Å². The van der Waals surface area contributed by atoms with Crippen LogP contribution in [0.25, 0.3) is 0 Å². The quantitative estimate of drug-likeness (QED) is 0.676. The molecule has 0 aromatic heterocycles. The molecule has 2 aliphatic rings. The highest BCUT2D eigenvalue weighted by atomic mass is 16.7. The third kappa shape index (κ3) is 4.44. The summed E-state index contributed by atoms with van der Waals surface area (Å²) in [5, 5.41) is 0. The van der Waals surface area contributed by atoms with Gasteiger partial charge in [-0.15, -0.1) is 0 Å². The fraction of sp³-hybridized carbons (Fsp3) is 0.867. The van der Waals surface area contributed by atoms with Crippen molar-refractivity contribution in [1.29, 1.82) is 0 Å². The van der Waals surface area contributed by atoms with Gasteiger partial charge in [-0.25, -0.2) is 0 Å². The standard InChI is InChI=1S/C15H26O2/c1-2-3-4-13-5-7-14(8-6-13)9-10-15-16-11-12-17-15/h9-10,13-15H,2-8,11-12H2,1H3/t13-,14-. The third-order valence-electron chi connectivity index (χ3n) is 4.05. The fourth-order valence-corrected chi connectivity index (χ4v) is 2.90. The molecule has 1 aliphatic heterocycles. The lowest BCUT2D eigenvalue weighted by atomic mass is 9.80. The van der Waals surface area contributed by atoms with Gasteiger partial charge in [0.25, 0.3) is 0 Å². The van der Waals surface area contributed by atoms with E-state index in [1.807, 2.05) is 0 Å². The van der Waals surface area contributed by atoms with Gasteiger partial charge in [-0.3, -0.25) is 0 Å². The summed E-state index contributed by atoms with van der Waals surface area (Å²) in [5.41, 5.74) is 0. The van der Waals surface area contributed by atoms with Crippen LogP contribution in [0.3, 0.4) is 0 Å². The van der Waals surface area contributed by atoms with Gasteiger partial charge in [0.15, 0.2) is 6.29 Å². The lowest BCUT2D eigenvalue weighted by Gasteiger charge is -2.26. The number of allylic oxidation sites excluding steroid dienone is 1. The van der Waals surface area contributed by atoms with Gasteiger partial charge in [-0.1, -0.05) is 32.3 Å². The molecule has 2 nitrogen and oxygen atoms in total. The van der Waals surface area contributed by atoms with Crippen LogP contribution in [-0.4, -0.2) is 19.5 Å². The Bertz CT molecular complexity index is 223. The summed E-state index contributed by atoms with van der Waals surface area (Å²) in [5.74, 6) is 1.76. The molecule has 1 aliphatic carbocycles. The molecular weight excluding hydrogens is 212 g/mol. The van der Waals surface area contributed by atoms with Gasteiger partial charge in [-0.2, -0.15) is 0 Å². The van der Waals surface area contributed by atoms with Gasteiger partial charge in [-0.05, 0) is 43.6 Å². The van der Waals surface area contributed by atoms with Crippen LogP contribution in [0.5, 0.6) is 0 Å². The van der Waals surface area contributed by atoms with E-state index in [0.717, 1.165) is 25.0 Å². The second-order valence-electron chi connectivity index (χ2n) is 5.42. The molecule has 0 spiro atoms. The Balaban J connectivity index is 1.64. The van der Waals surface area contributed by atoms with Gasteiger partial charge in [0, 0.05) is 0 Å². The lowest BCUT2D eigenvalue weighted by Crippen LogP contribution is -2.13. The van der Waals surface area contributed by atoms with E-state index in [1.54, 1.807) is 0 Å². The van der Waals surface area contributed by atoms with Crippen LogP contribution in [0, 0.1) is 11.8 Å². The van der Waals surface area contributed by atoms with Crippen molar-refractivity contribution in [2.75, 3.05) is 13.2 Å². The topological polar surface area (TPSA) is 18.5 Å². The molecule has 2 fully saturated rings. The molecule has 0 radical (unpaired) electrons. The summed E-state index contributed by atoms with van der Waals surface area (Å²) in [6, 6.07) is 0. The summed E-state index contributed by atoms with van der Waals surface area (Å²) in [7, 11) is 0. The smallest absolute Gasteiger partial charge is 0.177 e. The van der Waals surface area contributed by atoms with Gasteiger partial charge in [0.2, 0.25) is 0 Å². The zero-order valence-corrected chi connectivity index (χ0v) is 11.1. The SMILES string of the molecule is CCCC[C@H]1CC[C@H](C=CC2OCCO2)CC1. The lowest BCUT2D eigenvalue weighted by molar-refractivity contribution is -0.00204. The number of rotatable bonds is 5. The highest BCUT2D eigenvalue weighted by Crippen LogP contribution is 2.32. The highest BCUT2D eigenvalue weighted by Gasteiger charge is 2.19. The first-order chi connectivity index (χ1) is 8.38. The fourth-order valence-electron chi connectivity index (χ4n) is 2.90. The number of ether oxygens (including phenoxy) is 2. The van der Waals surface area contributed by atoms with E-state index in [4.69, 9.17) is 9.47 Å². The normalized spacial score (nSPS) is 31.4. The third-order valence-corrected chi connectivity index (χ3v) is 4.05. The maximum Gasteiger partial charge on any atom is 0.177 e. The van der Waals surface area contributed by atoms with Crippen molar-refractivity contribution in [2.45, 2.75) is 58.2 Å². The van der Waals surface area contributed by atoms with Crippen LogP contribution in [-0.2, 0) is 9.47 Å². The first kappa shape index (κ1) is 13.1. The minimum absolute atomic E-state index is 0.0622. The number of hydrogen-bond donors (Lipinski definition) is 0. The number of hydrogen-bond acceptors (Lipinski definition) is 2. The average molecular weight is 238 g/mol. The molecule has 0 aromatic carbocycles. The van der Waals surface area contributed by atoms with Gasteiger partial charge in [0.05, 0.1) is 13.2 Å². The Hall–Kier alpha value is -0.340. The van der Waals surface area contributed by atoms with Crippen molar-refractivity contribution in [1.82, 2.24) is 0 Å². The molecule has 17 heavy (non-hydrogen) atoms. The Labute approximate surface area is 105 Å². The molecule has 2 heteroatoms. The minimum Gasteiger partial charge on any atom is -0.347 e. The van der Waals surface area contributed by atoms with Crippen molar-refractivity contribution < 1.29 is 9.47 Å². The summed E-state index contributed by atoms with van der Waals surface area (Å²) in [4.78, 5) is 0. The van der Waals surface area contributed by atoms with Crippen LogP contribution < -0.4 is 0 Å². The molecule has 0 bridgehead atoms. The molecule has 0 unspecified atom stereocenters. The van der Waals surface area contributed by atoms with E-state index in [1.165, 1.54) is 44.9 Å².